The monoisotopic (exact) mass is 370 g/mol. The molecule has 2 aromatic rings. The number of carbonyl (C=O) groups is 1. The largest absolute Gasteiger partial charge is 0.484 e. The molecule has 0 bridgehead atoms. The number of hydrogen-bond acceptors (Lipinski definition) is 5. The summed E-state index contributed by atoms with van der Waals surface area (Å²) < 4.78 is 45.9. The van der Waals surface area contributed by atoms with Gasteiger partial charge in [-0.25, -0.2) is 0 Å². The van der Waals surface area contributed by atoms with Crippen molar-refractivity contribution in [1.82, 2.24) is 0 Å². The zero-order chi connectivity index (χ0) is 19.2. The van der Waals surface area contributed by atoms with E-state index >= 15 is 0 Å². The van der Waals surface area contributed by atoms with E-state index in [4.69, 9.17) is 4.74 Å². The summed E-state index contributed by atoms with van der Waals surface area (Å²) in [7, 11) is 0. The third-order valence-electron chi connectivity index (χ3n) is 2.96. The van der Waals surface area contributed by atoms with Gasteiger partial charge in [0.05, 0.1) is 4.92 Å². The fourth-order valence-corrected chi connectivity index (χ4v) is 1.81. The average Bonchev–Trinajstić information content (AvgIpc) is 2.59. The first-order chi connectivity index (χ1) is 12.2. The second kappa shape index (κ2) is 8.19. The second-order valence-electron chi connectivity index (χ2n) is 5.02. The minimum Gasteiger partial charge on any atom is -0.484 e. The van der Waals surface area contributed by atoms with Crippen LogP contribution in [0.15, 0.2) is 48.5 Å². The van der Waals surface area contributed by atoms with Crippen molar-refractivity contribution in [2.75, 3.05) is 18.5 Å². The van der Waals surface area contributed by atoms with E-state index < -0.39 is 23.6 Å². The van der Waals surface area contributed by atoms with Gasteiger partial charge in [-0.05, 0) is 36.4 Å². The summed E-state index contributed by atoms with van der Waals surface area (Å²) >= 11 is 0. The van der Waals surface area contributed by atoms with Gasteiger partial charge in [0.2, 0.25) is 0 Å². The number of nitro benzene ring substituents is 1. The molecule has 0 fully saturated rings. The number of amides is 1. The lowest BCUT2D eigenvalue weighted by molar-refractivity contribution is -0.384. The quantitative estimate of drug-likeness (QED) is 0.595. The van der Waals surface area contributed by atoms with Gasteiger partial charge in [0.25, 0.3) is 11.6 Å². The molecule has 138 valence electrons. The predicted molar refractivity (Wildman–Crippen MR) is 85.2 cm³/mol. The summed E-state index contributed by atoms with van der Waals surface area (Å²) in [5, 5.41) is 13.0. The molecule has 1 amide bonds. The zero-order valence-corrected chi connectivity index (χ0v) is 13.2. The standard InChI is InChI=1S/C16H13F3N2O5/c17-16(18,19)10-26-14-5-1-11(2-6-14)20-15(22)9-25-13-7-3-12(4-8-13)21(23)24/h1-8H,9-10H2,(H,20,22). The highest BCUT2D eigenvalue weighted by Crippen LogP contribution is 2.20. The van der Waals surface area contributed by atoms with Crippen LogP contribution in [0.2, 0.25) is 0 Å². The number of benzene rings is 2. The Bertz CT molecular complexity index is 761. The SMILES string of the molecule is O=C(COc1ccc([N+](=O)[O-])cc1)Nc1ccc(OCC(F)(F)F)cc1. The van der Waals surface area contributed by atoms with E-state index in [1.807, 2.05) is 0 Å². The molecule has 2 rings (SSSR count). The molecular formula is C16H13F3N2O5. The molecule has 26 heavy (non-hydrogen) atoms. The Morgan fingerprint density at radius 3 is 2.08 bits per heavy atom. The van der Waals surface area contributed by atoms with E-state index in [0.717, 1.165) is 0 Å². The molecule has 0 atom stereocenters. The maximum Gasteiger partial charge on any atom is 0.422 e. The van der Waals surface area contributed by atoms with Gasteiger partial charge in [0.1, 0.15) is 11.5 Å². The number of rotatable bonds is 7. The van der Waals surface area contributed by atoms with Crippen LogP contribution >= 0.6 is 0 Å². The lowest BCUT2D eigenvalue weighted by Crippen LogP contribution is -2.20. The smallest absolute Gasteiger partial charge is 0.422 e. The van der Waals surface area contributed by atoms with Crippen LogP contribution in [0.3, 0.4) is 0 Å². The molecule has 1 N–H and O–H groups in total. The van der Waals surface area contributed by atoms with Crippen molar-refractivity contribution in [1.29, 1.82) is 0 Å². The van der Waals surface area contributed by atoms with E-state index in [1.165, 1.54) is 48.5 Å². The summed E-state index contributed by atoms with van der Waals surface area (Å²) in [5.74, 6) is -0.212. The zero-order valence-electron chi connectivity index (χ0n) is 13.2. The van der Waals surface area contributed by atoms with Crippen molar-refractivity contribution in [2.24, 2.45) is 0 Å². The van der Waals surface area contributed by atoms with E-state index in [2.05, 4.69) is 10.1 Å². The predicted octanol–water partition coefficient (Wildman–Crippen LogP) is 3.55. The third kappa shape index (κ3) is 6.30. The van der Waals surface area contributed by atoms with E-state index in [0.29, 0.717) is 5.69 Å². The number of hydrogen-bond donors (Lipinski definition) is 1. The minimum absolute atomic E-state index is 0.0162. The van der Waals surface area contributed by atoms with E-state index in [1.54, 1.807) is 0 Å². The summed E-state index contributed by atoms with van der Waals surface area (Å²) in [5.41, 5.74) is 0.247. The first-order valence-corrected chi connectivity index (χ1v) is 7.20. The number of nitro groups is 1. The highest BCUT2D eigenvalue weighted by atomic mass is 19.4. The number of carbonyl (C=O) groups excluding carboxylic acids is 1. The molecule has 0 aliphatic heterocycles. The van der Waals surface area contributed by atoms with E-state index in [9.17, 15) is 28.1 Å². The molecule has 0 saturated heterocycles. The van der Waals surface area contributed by atoms with Crippen molar-refractivity contribution in [2.45, 2.75) is 6.18 Å². The van der Waals surface area contributed by atoms with Crippen LogP contribution in [0.25, 0.3) is 0 Å². The van der Waals surface area contributed by atoms with Crippen LogP contribution < -0.4 is 14.8 Å². The molecule has 0 heterocycles. The lowest BCUT2D eigenvalue weighted by Gasteiger charge is -2.10. The third-order valence-corrected chi connectivity index (χ3v) is 2.96. The Morgan fingerprint density at radius 2 is 1.54 bits per heavy atom. The number of nitrogens with one attached hydrogen (secondary N) is 1. The summed E-state index contributed by atoms with van der Waals surface area (Å²) in [6.07, 6.45) is -4.43. The Kier molecular flexibility index (Phi) is 5.99. The highest BCUT2D eigenvalue weighted by Gasteiger charge is 2.28. The van der Waals surface area contributed by atoms with Gasteiger partial charge >= 0.3 is 6.18 Å². The molecule has 7 nitrogen and oxygen atoms in total. The van der Waals surface area contributed by atoms with Crippen LogP contribution in [0.1, 0.15) is 0 Å². The Balaban J connectivity index is 1.81. The Morgan fingerprint density at radius 1 is 1.00 bits per heavy atom. The molecule has 10 heteroatoms. The second-order valence-corrected chi connectivity index (χ2v) is 5.02. The van der Waals surface area contributed by atoms with Crippen molar-refractivity contribution in [3.8, 4) is 11.5 Å². The molecule has 0 spiro atoms. The van der Waals surface area contributed by atoms with Gasteiger partial charge in [-0.15, -0.1) is 0 Å². The molecular weight excluding hydrogens is 357 g/mol. The summed E-state index contributed by atoms with van der Waals surface area (Å²) in [4.78, 5) is 21.8. The highest BCUT2D eigenvalue weighted by molar-refractivity contribution is 5.91. The van der Waals surface area contributed by atoms with Crippen molar-refractivity contribution >= 4 is 17.3 Å². The van der Waals surface area contributed by atoms with Crippen LogP contribution in [0.4, 0.5) is 24.5 Å². The topological polar surface area (TPSA) is 90.7 Å². The van der Waals surface area contributed by atoms with Gasteiger partial charge in [-0.3, -0.25) is 14.9 Å². The Labute approximate surface area is 145 Å². The van der Waals surface area contributed by atoms with E-state index in [-0.39, 0.29) is 23.8 Å². The molecule has 0 saturated carbocycles. The number of non-ortho nitro benzene ring substituents is 1. The molecule has 0 radical (unpaired) electrons. The van der Waals surface area contributed by atoms with Crippen LogP contribution in [0, 0.1) is 10.1 Å². The lowest BCUT2D eigenvalue weighted by atomic mass is 10.3. The molecule has 0 aliphatic rings. The summed E-state index contributed by atoms with van der Waals surface area (Å²) in [6, 6.07) is 10.6. The number of halogens is 3. The molecule has 0 unspecified atom stereocenters. The van der Waals surface area contributed by atoms with Gasteiger partial charge in [-0.2, -0.15) is 13.2 Å². The van der Waals surface area contributed by atoms with Crippen molar-refractivity contribution < 1.29 is 32.4 Å². The maximum absolute atomic E-state index is 12.0. The van der Waals surface area contributed by atoms with Crippen LogP contribution in [0.5, 0.6) is 11.5 Å². The summed E-state index contributed by atoms with van der Waals surface area (Å²) in [6.45, 7) is -1.74. The minimum atomic E-state index is -4.43. The molecule has 0 aromatic heterocycles. The first-order valence-electron chi connectivity index (χ1n) is 7.20. The van der Waals surface area contributed by atoms with Gasteiger partial charge < -0.3 is 14.8 Å². The van der Waals surface area contributed by atoms with Gasteiger partial charge in [0.15, 0.2) is 13.2 Å². The fraction of sp³-hybridized carbons (Fsp3) is 0.188. The maximum atomic E-state index is 12.0. The van der Waals surface area contributed by atoms with Crippen molar-refractivity contribution in [3.63, 3.8) is 0 Å². The molecule has 0 aliphatic carbocycles. The van der Waals surface area contributed by atoms with Crippen molar-refractivity contribution in [3.05, 3.63) is 58.6 Å². The number of alkyl halides is 3. The normalized spacial score (nSPS) is 10.9. The van der Waals surface area contributed by atoms with Crippen LogP contribution in [-0.4, -0.2) is 30.2 Å². The first kappa shape index (κ1) is 19.0. The fourth-order valence-electron chi connectivity index (χ4n) is 1.81. The van der Waals surface area contributed by atoms with Gasteiger partial charge in [-0.1, -0.05) is 0 Å². The number of anilines is 1. The molecule has 2 aromatic carbocycles. The van der Waals surface area contributed by atoms with Gasteiger partial charge in [0, 0.05) is 17.8 Å². The van der Waals surface area contributed by atoms with Crippen LogP contribution in [-0.2, 0) is 4.79 Å². The number of ether oxygens (including phenoxy) is 2. The average molecular weight is 370 g/mol. The Hall–Kier alpha value is -3.30. The number of nitrogens with zero attached hydrogens (tertiary/aromatic N) is 1.